The fourth-order valence-corrected chi connectivity index (χ4v) is 2.14. The Morgan fingerprint density at radius 3 is 2.05 bits per heavy atom. The van der Waals surface area contributed by atoms with E-state index < -0.39 is 0 Å². The Hall–Kier alpha value is -1.80. The van der Waals surface area contributed by atoms with Crippen molar-refractivity contribution >= 4 is 0 Å². The quantitative estimate of drug-likeness (QED) is 0.750. The average molecular weight is 269 g/mol. The first-order chi connectivity index (χ1) is 9.81. The summed E-state index contributed by atoms with van der Waals surface area (Å²) in [6, 6.07) is 18.7. The van der Waals surface area contributed by atoms with Crippen LogP contribution in [-0.4, -0.2) is 18.0 Å². The van der Waals surface area contributed by atoms with Crippen molar-refractivity contribution in [2.24, 2.45) is 0 Å². The van der Waals surface area contributed by atoms with Crippen LogP contribution in [-0.2, 0) is 13.2 Å². The molecular weight excluding hydrogens is 246 g/mol. The van der Waals surface area contributed by atoms with E-state index in [0.29, 0.717) is 6.61 Å². The van der Waals surface area contributed by atoms with E-state index in [9.17, 15) is 0 Å². The fraction of sp³-hybridized carbons (Fsp3) is 0.333. The van der Waals surface area contributed by atoms with Crippen molar-refractivity contribution in [1.29, 1.82) is 0 Å². The molecule has 0 aliphatic rings. The van der Waals surface area contributed by atoms with Gasteiger partial charge in [-0.25, -0.2) is 0 Å². The van der Waals surface area contributed by atoms with Crippen LogP contribution in [0.25, 0.3) is 0 Å². The highest BCUT2D eigenvalue weighted by atomic mass is 16.5. The molecule has 20 heavy (non-hydrogen) atoms. The smallest absolute Gasteiger partial charge is 0.119 e. The van der Waals surface area contributed by atoms with Crippen LogP contribution in [0.3, 0.4) is 0 Å². The monoisotopic (exact) mass is 269 g/mol. The van der Waals surface area contributed by atoms with Crippen LogP contribution in [0.4, 0.5) is 0 Å². The van der Waals surface area contributed by atoms with E-state index >= 15 is 0 Å². The number of hydrogen-bond acceptors (Lipinski definition) is 2. The molecule has 0 saturated carbocycles. The van der Waals surface area contributed by atoms with Crippen molar-refractivity contribution in [2.75, 3.05) is 13.1 Å². The molecule has 0 unspecified atom stereocenters. The van der Waals surface area contributed by atoms with Crippen molar-refractivity contribution in [1.82, 2.24) is 4.90 Å². The second-order valence-corrected chi connectivity index (χ2v) is 4.88. The summed E-state index contributed by atoms with van der Waals surface area (Å²) in [5, 5.41) is 0. The second-order valence-electron chi connectivity index (χ2n) is 4.88. The van der Waals surface area contributed by atoms with E-state index in [-0.39, 0.29) is 0 Å². The van der Waals surface area contributed by atoms with Gasteiger partial charge in [-0.1, -0.05) is 56.3 Å². The zero-order chi connectivity index (χ0) is 14.2. The molecule has 0 aliphatic carbocycles. The Labute approximate surface area is 122 Å². The Morgan fingerprint density at radius 1 is 0.800 bits per heavy atom. The Bertz CT molecular complexity index is 489. The molecule has 2 nitrogen and oxygen atoms in total. The highest BCUT2D eigenvalue weighted by Crippen LogP contribution is 2.15. The number of ether oxygens (including phenoxy) is 1. The molecule has 0 spiro atoms. The molecule has 0 amide bonds. The minimum absolute atomic E-state index is 0.621. The third kappa shape index (κ3) is 4.39. The summed E-state index contributed by atoms with van der Waals surface area (Å²) >= 11 is 0. The van der Waals surface area contributed by atoms with Crippen LogP contribution in [0.15, 0.2) is 54.6 Å². The lowest BCUT2D eigenvalue weighted by molar-refractivity contribution is 0.294. The molecule has 0 radical (unpaired) electrons. The molecule has 0 N–H and O–H groups in total. The van der Waals surface area contributed by atoms with E-state index in [1.54, 1.807) is 0 Å². The molecule has 2 heteroatoms. The fourth-order valence-electron chi connectivity index (χ4n) is 2.14. The van der Waals surface area contributed by atoms with Gasteiger partial charge in [-0.3, -0.25) is 4.90 Å². The molecule has 106 valence electrons. The van der Waals surface area contributed by atoms with Gasteiger partial charge in [0, 0.05) is 6.54 Å². The third-order valence-electron chi connectivity index (χ3n) is 3.47. The molecule has 0 heterocycles. The van der Waals surface area contributed by atoms with Gasteiger partial charge in [0.1, 0.15) is 12.4 Å². The van der Waals surface area contributed by atoms with Gasteiger partial charge >= 0.3 is 0 Å². The predicted octanol–water partition coefficient (Wildman–Crippen LogP) is 4.11. The average Bonchev–Trinajstić information content (AvgIpc) is 2.53. The highest BCUT2D eigenvalue weighted by Gasteiger charge is 2.01. The molecule has 2 rings (SSSR count). The van der Waals surface area contributed by atoms with Crippen LogP contribution in [0, 0.1) is 0 Å². The van der Waals surface area contributed by atoms with E-state index in [1.165, 1.54) is 11.1 Å². The summed E-state index contributed by atoms with van der Waals surface area (Å²) < 4.78 is 5.79. The zero-order valence-corrected chi connectivity index (χ0v) is 12.4. The number of benzene rings is 2. The molecule has 0 aliphatic heterocycles. The maximum atomic E-state index is 5.79. The normalized spacial score (nSPS) is 10.8. The maximum Gasteiger partial charge on any atom is 0.119 e. The zero-order valence-electron chi connectivity index (χ0n) is 12.4. The minimum atomic E-state index is 0.621. The van der Waals surface area contributed by atoms with Crippen LogP contribution in [0.2, 0.25) is 0 Å². The van der Waals surface area contributed by atoms with Crippen molar-refractivity contribution in [3.63, 3.8) is 0 Å². The standard InChI is InChI=1S/C18H23NO/c1-3-19(4-2)14-16-10-12-18(13-11-16)20-15-17-8-6-5-7-9-17/h5-13H,3-4,14-15H2,1-2H3. The summed E-state index contributed by atoms with van der Waals surface area (Å²) in [6.45, 7) is 8.19. The summed E-state index contributed by atoms with van der Waals surface area (Å²) in [7, 11) is 0. The van der Waals surface area contributed by atoms with E-state index in [0.717, 1.165) is 25.4 Å². The Balaban J connectivity index is 1.88. The topological polar surface area (TPSA) is 12.5 Å². The highest BCUT2D eigenvalue weighted by molar-refractivity contribution is 5.27. The Morgan fingerprint density at radius 2 is 1.45 bits per heavy atom. The van der Waals surface area contributed by atoms with E-state index in [1.807, 2.05) is 18.2 Å². The lowest BCUT2D eigenvalue weighted by Gasteiger charge is -2.18. The molecule has 0 atom stereocenters. The van der Waals surface area contributed by atoms with Gasteiger partial charge in [-0.05, 0) is 36.3 Å². The first kappa shape index (κ1) is 14.6. The molecule has 0 saturated heterocycles. The third-order valence-corrected chi connectivity index (χ3v) is 3.47. The number of nitrogens with zero attached hydrogens (tertiary/aromatic N) is 1. The van der Waals surface area contributed by atoms with Gasteiger partial charge < -0.3 is 4.74 Å². The van der Waals surface area contributed by atoms with Gasteiger partial charge in [0.05, 0.1) is 0 Å². The summed E-state index contributed by atoms with van der Waals surface area (Å²) in [6.07, 6.45) is 0. The van der Waals surface area contributed by atoms with Crippen molar-refractivity contribution in [2.45, 2.75) is 27.0 Å². The SMILES string of the molecule is CCN(CC)Cc1ccc(OCc2ccccc2)cc1. The van der Waals surface area contributed by atoms with Crippen LogP contribution >= 0.6 is 0 Å². The minimum Gasteiger partial charge on any atom is -0.489 e. The van der Waals surface area contributed by atoms with Gasteiger partial charge in [0.25, 0.3) is 0 Å². The van der Waals surface area contributed by atoms with Crippen molar-refractivity contribution in [3.05, 3.63) is 65.7 Å². The van der Waals surface area contributed by atoms with Crippen molar-refractivity contribution < 1.29 is 4.74 Å². The first-order valence-electron chi connectivity index (χ1n) is 7.29. The van der Waals surface area contributed by atoms with Crippen LogP contribution in [0.1, 0.15) is 25.0 Å². The molecule has 2 aromatic rings. The van der Waals surface area contributed by atoms with E-state index in [2.05, 4.69) is 55.1 Å². The maximum absolute atomic E-state index is 5.79. The van der Waals surface area contributed by atoms with E-state index in [4.69, 9.17) is 4.74 Å². The predicted molar refractivity (Wildman–Crippen MR) is 83.8 cm³/mol. The molecule has 0 aromatic heterocycles. The molecule has 0 bridgehead atoms. The van der Waals surface area contributed by atoms with Gasteiger partial charge in [-0.2, -0.15) is 0 Å². The van der Waals surface area contributed by atoms with Gasteiger partial charge in [-0.15, -0.1) is 0 Å². The summed E-state index contributed by atoms with van der Waals surface area (Å²) in [5.74, 6) is 0.928. The van der Waals surface area contributed by atoms with Crippen LogP contribution in [0.5, 0.6) is 5.75 Å². The molecular formula is C18H23NO. The molecule has 0 fully saturated rings. The first-order valence-corrected chi connectivity index (χ1v) is 7.29. The lowest BCUT2D eigenvalue weighted by Crippen LogP contribution is -2.21. The van der Waals surface area contributed by atoms with Gasteiger partial charge in [0.15, 0.2) is 0 Å². The number of rotatable bonds is 7. The Kier molecular flexibility index (Phi) is 5.63. The summed E-state index contributed by atoms with van der Waals surface area (Å²) in [4.78, 5) is 2.40. The van der Waals surface area contributed by atoms with Gasteiger partial charge in [0.2, 0.25) is 0 Å². The largest absolute Gasteiger partial charge is 0.489 e. The lowest BCUT2D eigenvalue weighted by atomic mass is 10.2. The number of hydrogen-bond donors (Lipinski definition) is 0. The second kappa shape index (κ2) is 7.71. The molecule has 2 aromatic carbocycles. The van der Waals surface area contributed by atoms with Crippen molar-refractivity contribution in [3.8, 4) is 5.75 Å². The van der Waals surface area contributed by atoms with Crippen LogP contribution < -0.4 is 4.74 Å². The summed E-state index contributed by atoms with van der Waals surface area (Å²) in [5.41, 5.74) is 2.53.